The van der Waals surface area contributed by atoms with E-state index >= 15 is 0 Å². The molecule has 2 aromatic carbocycles. The molecule has 0 bridgehead atoms. The minimum Gasteiger partial charge on any atom is -0.493 e. The normalized spacial score (nSPS) is 12.8. The molecule has 11 heteroatoms. The second-order valence-electron chi connectivity index (χ2n) is 9.44. The van der Waals surface area contributed by atoms with Gasteiger partial charge in [0.25, 0.3) is 5.56 Å². The number of aromatic nitrogens is 4. The number of hydrogen-bond donors (Lipinski definition) is 2. The Morgan fingerprint density at radius 2 is 1.87 bits per heavy atom. The van der Waals surface area contributed by atoms with Crippen LogP contribution in [0.5, 0.6) is 5.75 Å². The van der Waals surface area contributed by atoms with Crippen molar-refractivity contribution < 1.29 is 18.3 Å². The van der Waals surface area contributed by atoms with Crippen LogP contribution in [0.15, 0.2) is 58.2 Å². The van der Waals surface area contributed by atoms with Crippen molar-refractivity contribution in [1.82, 2.24) is 23.9 Å². The van der Waals surface area contributed by atoms with Crippen LogP contribution in [-0.2, 0) is 16.4 Å². The molecule has 4 aromatic rings. The van der Waals surface area contributed by atoms with Crippen molar-refractivity contribution in [3.05, 3.63) is 76.0 Å². The van der Waals surface area contributed by atoms with Gasteiger partial charge < -0.3 is 14.8 Å². The Bertz CT molecular complexity index is 1600. The van der Waals surface area contributed by atoms with Gasteiger partial charge in [-0.3, -0.25) is 4.79 Å². The molecule has 0 radical (unpaired) electrons. The number of unbranched alkanes of at least 4 members (excludes halogenated alkanes) is 2. The van der Waals surface area contributed by atoms with Gasteiger partial charge in [-0.05, 0) is 44.0 Å². The Hall–Kier alpha value is -3.54. The summed E-state index contributed by atoms with van der Waals surface area (Å²) in [7, 11) is -2.58. The van der Waals surface area contributed by atoms with E-state index in [9.17, 15) is 18.3 Å². The lowest BCUT2D eigenvalue weighted by Crippen LogP contribution is -2.31. The zero-order chi connectivity index (χ0) is 28.2. The number of hydrogen-bond acceptors (Lipinski definition) is 7. The van der Waals surface area contributed by atoms with E-state index in [-0.39, 0.29) is 22.8 Å². The Morgan fingerprint density at radius 1 is 1.13 bits per heavy atom. The number of H-pyrrole nitrogens is 1. The summed E-state index contributed by atoms with van der Waals surface area (Å²) in [5.74, 6) is 1.24. The van der Waals surface area contributed by atoms with E-state index in [1.54, 1.807) is 41.8 Å². The molecule has 0 aliphatic rings. The maximum Gasteiger partial charge on any atom is 0.277 e. The number of fused-ring (bicyclic) bond motifs is 1. The van der Waals surface area contributed by atoms with Crippen LogP contribution in [0.25, 0.3) is 16.9 Å². The van der Waals surface area contributed by atoms with Crippen LogP contribution in [-0.4, -0.2) is 57.6 Å². The number of aromatic amines is 1. The highest BCUT2D eigenvalue weighted by Gasteiger charge is 2.26. The topological polar surface area (TPSA) is 130 Å². The Morgan fingerprint density at radius 3 is 2.56 bits per heavy atom. The number of nitrogens with zero attached hydrogens (tertiary/aromatic N) is 4. The first-order valence-corrected chi connectivity index (χ1v) is 14.6. The van der Waals surface area contributed by atoms with Crippen molar-refractivity contribution in [2.24, 2.45) is 0 Å². The molecule has 1 unspecified atom stereocenters. The highest BCUT2D eigenvalue weighted by Crippen LogP contribution is 2.31. The molecule has 2 N–H and O–H groups in total. The lowest BCUT2D eigenvalue weighted by molar-refractivity contribution is 0.155. The second-order valence-corrected chi connectivity index (χ2v) is 11.5. The van der Waals surface area contributed by atoms with E-state index < -0.39 is 16.1 Å². The number of ether oxygens (including phenoxy) is 1. The third kappa shape index (κ3) is 6.05. The first kappa shape index (κ1) is 28.5. The fraction of sp³-hybridized carbons (Fsp3) is 0.393. The van der Waals surface area contributed by atoms with Gasteiger partial charge in [-0.2, -0.15) is 4.31 Å². The fourth-order valence-corrected chi connectivity index (χ4v) is 5.69. The molecule has 0 amide bonds. The molecule has 10 nitrogen and oxygen atoms in total. The highest BCUT2D eigenvalue weighted by atomic mass is 32.2. The summed E-state index contributed by atoms with van der Waals surface area (Å²) in [4.78, 5) is 20.4. The smallest absolute Gasteiger partial charge is 0.277 e. The van der Waals surface area contributed by atoms with E-state index in [4.69, 9.17) is 4.74 Å². The second kappa shape index (κ2) is 12.1. The zero-order valence-corrected chi connectivity index (χ0v) is 23.5. The van der Waals surface area contributed by atoms with Gasteiger partial charge in [0.15, 0.2) is 11.3 Å². The molecule has 0 saturated heterocycles. The van der Waals surface area contributed by atoms with Gasteiger partial charge in [-0.25, -0.2) is 17.9 Å². The molecular formula is C28H35N5O5S. The zero-order valence-electron chi connectivity index (χ0n) is 22.7. The van der Waals surface area contributed by atoms with E-state index in [0.29, 0.717) is 46.9 Å². The SMILES string of the molecule is CCCCCc1nc(C)c2c(=O)[nH]c(-c3cc(S(=O)(=O)N(C)CC(O)c4ccccc4)ccc3OCC)nn12. The third-order valence-corrected chi connectivity index (χ3v) is 8.39. The molecule has 1 atom stereocenters. The summed E-state index contributed by atoms with van der Waals surface area (Å²) < 4.78 is 35.4. The van der Waals surface area contributed by atoms with Gasteiger partial charge >= 0.3 is 0 Å². The number of likely N-dealkylation sites (N-methyl/N-ethyl adjacent to an activating group) is 1. The van der Waals surface area contributed by atoms with Crippen LogP contribution in [0.1, 0.15) is 56.3 Å². The number of benzene rings is 2. The average molecular weight is 554 g/mol. The van der Waals surface area contributed by atoms with Crippen molar-refractivity contribution >= 4 is 15.5 Å². The molecule has 2 aromatic heterocycles. The fourth-order valence-electron chi connectivity index (χ4n) is 4.49. The molecular weight excluding hydrogens is 518 g/mol. The van der Waals surface area contributed by atoms with Crippen LogP contribution >= 0.6 is 0 Å². The first-order valence-electron chi connectivity index (χ1n) is 13.1. The number of imidazole rings is 1. The van der Waals surface area contributed by atoms with Gasteiger partial charge in [0.2, 0.25) is 10.0 Å². The summed E-state index contributed by atoms with van der Waals surface area (Å²) in [6.07, 6.45) is 2.67. The summed E-state index contributed by atoms with van der Waals surface area (Å²) in [6, 6.07) is 13.3. The maximum absolute atomic E-state index is 13.5. The van der Waals surface area contributed by atoms with E-state index in [1.165, 1.54) is 19.2 Å². The average Bonchev–Trinajstić information content (AvgIpc) is 3.25. The van der Waals surface area contributed by atoms with Crippen LogP contribution < -0.4 is 10.3 Å². The Balaban J connectivity index is 1.75. The lowest BCUT2D eigenvalue weighted by atomic mass is 10.1. The van der Waals surface area contributed by atoms with Crippen molar-refractivity contribution in [3.8, 4) is 17.1 Å². The van der Waals surface area contributed by atoms with E-state index in [2.05, 4.69) is 22.0 Å². The molecule has 39 heavy (non-hydrogen) atoms. The van der Waals surface area contributed by atoms with E-state index in [0.717, 1.165) is 23.6 Å². The minimum atomic E-state index is -4.00. The molecule has 208 valence electrons. The van der Waals surface area contributed by atoms with Crippen LogP contribution in [0.3, 0.4) is 0 Å². The van der Waals surface area contributed by atoms with Gasteiger partial charge in [-0.15, -0.1) is 5.10 Å². The van der Waals surface area contributed by atoms with Crippen molar-refractivity contribution in [1.29, 1.82) is 0 Å². The molecule has 4 rings (SSSR count). The van der Waals surface area contributed by atoms with Gasteiger partial charge in [0.1, 0.15) is 11.6 Å². The number of rotatable bonds is 12. The predicted octanol–water partition coefficient (Wildman–Crippen LogP) is 3.88. The van der Waals surface area contributed by atoms with Crippen LogP contribution in [0.2, 0.25) is 0 Å². The van der Waals surface area contributed by atoms with Crippen LogP contribution in [0.4, 0.5) is 0 Å². The van der Waals surface area contributed by atoms with Gasteiger partial charge in [-0.1, -0.05) is 50.1 Å². The summed E-state index contributed by atoms with van der Waals surface area (Å²) in [5, 5.41) is 15.3. The summed E-state index contributed by atoms with van der Waals surface area (Å²) >= 11 is 0. The third-order valence-electron chi connectivity index (χ3n) is 6.58. The maximum atomic E-state index is 13.5. The van der Waals surface area contributed by atoms with Crippen LogP contribution in [0, 0.1) is 6.92 Å². The summed E-state index contributed by atoms with van der Waals surface area (Å²) in [6.45, 7) is 5.91. The Labute approximate surface area is 228 Å². The standard InChI is InChI=1S/C28H35N5O5S/c1-5-7-9-14-25-29-19(3)26-28(35)30-27(31-33(25)26)22-17-21(15-16-24(22)38-6-2)39(36,37)32(4)18-23(34)20-12-10-8-11-13-20/h8,10-13,15-17,23,34H,5-7,9,14,18H2,1-4H3,(H,30,31,35). The number of nitrogens with one attached hydrogen (secondary N) is 1. The quantitative estimate of drug-likeness (QED) is 0.255. The molecule has 0 fully saturated rings. The summed E-state index contributed by atoms with van der Waals surface area (Å²) in [5.41, 5.74) is 1.53. The molecule has 0 saturated carbocycles. The minimum absolute atomic E-state index is 0.0172. The number of aryl methyl sites for hydroxylation is 2. The number of sulfonamides is 1. The highest BCUT2D eigenvalue weighted by molar-refractivity contribution is 7.89. The molecule has 0 aliphatic heterocycles. The van der Waals surface area contributed by atoms with E-state index in [1.807, 2.05) is 13.0 Å². The molecule has 0 spiro atoms. The van der Waals surface area contributed by atoms with Crippen molar-refractivity contribution in [2.45, 2.75) is 57.5 Å². The van der Waals surface area contributed by atoms with Gasteiger partial charge in [0, 0.05) is 20.0 Å². The largest absolute Gasteiger partial charge is 0.493 e. The Kier molecular flexibility index (Phi) is 8.83. The lowest BCUT2D eigenvalue weighted by Gasteiger charge is -2.21. The van der Waals surface area contributed by atoms with Gasteiger partial charge in [0.05, 0.1) is 28.9 Å². The predicted molar refractivity (Wildman–Crippen MR) is 149 cm³/mol. The van der Waals surface area contributed by atoms with Crippen molar-refractivity contribution in [2.75, 3.05) is 20.2 Å². The van der Waals surface area contributed by atoms with Crippen molar-refractivity contribution in [3.63, 3.8) is 0 Å². The molecule has 2 heterocycles. The monoisotopic (exact) mass is 553 g/mol. The first-order chi connectivity index (χ1) is 18.7. The number of aliphatic hydroxyl groups excluding tert-OH is 1. The molecule has 0 aliphatic carbocycles. The number of aliphatic hydroxyl groups is 1.